The molecule has 0 saturated heterocycles. The van der Waals surface area contributed by atoms with E-state index in [9.17, 15) is 4.79 Å². The highest BCUT2D eigenvalue weighted by Crippen LogP contribution is 2.24. The molecule has 2 aromatic carbocycles. The molecule has 0 bridgehead atoms. The van der Waals surface area contributed by atoms with Crippen molar-refractivity contribution in [1.82, 2.24) is 29.8 Å². The van der Waals surface area contributed by atoms with Gasteiger partial charge in [0.15, 0.2) is 17.4 Å². The Hall–Kier alpha value is -3.30. The van der Waals surface area contributed by atoms with Gasteiger partial charge in [0.25, 0.3) is 0 Å². The van der Waals surface area contributed by atoms with Gasteiger partial charge in [0, 0.05) is 23.6 Å². The van der Waals surface area contributed by atoms with Crippen LogP contribution in [-0.4, -0.2) is 35.6 Å². The molecule has 0 spiro atoms. The van der Waals surface area contributed by atoms with Gasteiger partial charge in [-0.3, -0.25) is 4.79 Å². The number of ketones is 1. The van der Waals surface area contributed by atoms with Gasteiger partial charge >= 0.3 is 0 Å². The number of carbonyl (C=O) groups is 1. The van der Waals surface area contributed by atoms with Crippen molar-refractivity contribution in [2.45, 2.75) is 12.8 Å². The summed E-state index contributed by atoms with van der Waals surface area (Å²) in [6, 6.07) is 14.9. The fourth-order valence-electron chi connectivity index (χ4n) is 2.95. The smallest absolute Gasteiger partial charge is 0.236 e. The van der Waals surface area contributed by atoms with E-state index in [2.05, 4.69) is 30.6 Å². The zero-order chi connectivity index (χ0) is 19.8. The van der Waals surface area contributed by atoms with Gasteiger partial charge in [-0.25, -0.2) is 4.98 Å². The minimum Gasteiger partial charge on any atom is -0.335 e. The van der Waals surface area contributed by atoms with E-state index in [4.69, 9.17) is 11.6 Å². The Morgan fingerprint density at radius 2 is 1.97 bits per heavy atom. The first-order chi connectivity index (χ1) is 14.2. The molecule has 0 aliphatic rings. The lowest BCUT2D eigenvalue weighted by atomic mass is 10.2. The molecule has 144 valence electrons. The number of halogens is 1. The second kappa shape index (κ2) is 7.26. The molecule has 0 radical (unpaired) electrons. The Morgan fingerprint density at radius 3 is 2.79 bits per heavy atom. The summed E-state index contributed by atoms with van der Waals surface area (Å²) in [4.78, 5) is 20.6. The van der Waals surface area contributed by atoms with Crippen molar-refractivity contribution in [1.29, 1.82) is 0 Å². The Kier molecular flexibility index (Phi) is 4.45. The number of Topliss-reactive ketones (excluding diaryl/α,β-unsaturated/α-hetero) is 1. The summed E-state index contributed by atoms with van der Waals surface area (Å²) in [5, 5.41) is 17.4. The number of fused-ring (bicyclic) bond motifs is 2. The van der Waals surface area contributed by atoms with Gasteiger partial charge in [-0.2, -0.15) is 4.52 Å². The van der Waals surface area contributed by atoms with Crippen LogP contribution in [0, 0.1) is 0 Å². The zero-order valence-corrected chi connectivity index (χ0v) is 16.5. The van der Waals surface area contributed by atoms with Crippen LogP contribution in [-0.2, 0) is 6.42 Å². The number of aromatic amines is 1. The van der Waals surface area contributed by atoms with Gasteiger partial charge in [0.05, 0.1) is 11.0 Å². The Balaban J connectivity index is 1.30. The number of aromatic nitrogens is 6. The van der Waals surface area contributed by atoms with Gasteiger partial charge in [-0.15, -0.1) is 15.3 Å². The summed E-state index contributed by atoms with van der Waals surface area (Å²) in [6.45, 7) is 0. The third-order valence-corrected chi connectivity index (χ3v) is 5.45. The van der Waals surface area contributed by atoms with E-state index < -0.39 is 0 Å². The fraction of sp³-hybridized carbons (Fsp3) is 0.105. The first kappa shape index (κ1) is 17.8. The molecule has 8 nitrogen and oxygen atoms in total. The van der Waals surface area contributed by atoms with Crippen LogP contribution in [0.2, 0.25) is 5.02 Å². The number of imidazole rings is 1. The first-order valence-corrected chi connectivity index (χ1v) is 10.1. The Morgan fingerprint density at radius 1 is 1.14 bits per heavy atom. The molecule has 5 rings (SSSR count). The number of nitrogens with one attached hydrogen (secondary N) is 2. The lowest BCUT2D eigenvalue weighted by Crippen LogP contribution is -2.06. The lowest BCUT2D eigenvalue weighted by Gasteiger charge is -2.01. The number of hydrogen-bond donors (Lipinski definition) is 2. The highest BCUT2D eigenvalue weighted by molar-refractivity contribution is 7.20. The van der Waals surface area contributed by atoms with Crippen molar-refractivity contribution in [3.8, 4) is 0 Å². The predicted molar refractivity (Wildman–Crippen MR) is 112 cm³/mol. The van der Waals surface area contributed by atoms with E-state index in [1.807, 2.05) is 36.4 Å². The number of nitrogens with zero attached hydrogens (tertiary/aromatic N) is 5. The first-order valence-electron chi connectivity index (χ1n) is 8.87. The van der Waals surface area contributed by atoms with Crippen molar-refractivity contribution < 1.29 is 4.79 Å². The van der Waals surface area contributed by atoms with E-state index in [-0.39, 0.29) is 12.2 Å². The molecule has 3 heterocycles. The van der Waals surface area contributed by atoms with Gasteiger partial charge in [-0.05, 0) is 36.4 Å². The topological polar surface area (TPSA) is 101 Å². The molecule has 0 atom stereocenters. The number of hydrogen-bond acceptors (Lipinski definition) is 7. The van der Waals surface area contributed by atoms with Crippen LogP contribution < -0.4 is 5.32 Å². The predicted octanol–water partition coefficient (Wildman–Crippen LogP) is 4.27. The molecule has 3 aromatic heterocycles. The molecular weight excluding hydrogens is 410 g/mol. The second-order valence-electron chi connectivity index (χ2n) is 6.38. The summed E-state index contributed by atoms with van der Waals surface area (Å²) in [6.07, 6.45) is 0.680. The SMILES string of the molecule is O=C(CCc1nnc2sc(Nc3ccc(Cl)cc3)nn12)c1nc2ccccc2[nH]1. The van der Waals surface area contributed by atoms with Crippen molar-refractivity contribution in [2.24, 2.45) is 0 Å². The third kappa shape index (κ3) is 3.57. The van der Waals surface area contributed by atoms with E-state index >= 15 is 0 Å². The Labute approximate surface area is 173 Å². The van der Waals surface area contributed by atoms with Crippen LogP contribution in [0.5, 0.6) is 0 Å². The Bertz CT molecular complexity index is 1290. The molecule has 29 heavy (non-hydrogen) atoms. The van der Waals surface area contributed by atoms with Crippen LogP contribution >= 0.6 is 22.9 Å². The number of anilines is 2. The second-order valence-corrected chi connectivity index (χ2v) is 7.77. The van der Waals surface area contributed by atoms with Gasteiger partial charge in [0.1, 0.15) is 0 Å². The summed E-state index contributed by atoms with van der Waals surface area (Å²) in [5.74, 6) is 0.910. The summed E-state index contributed by atoms with van der Waals surface area (Å²) in [7, 11) is 0. The fourth-order valence-corrected chi connectivity index (χ4v) is 3.85. The van der Waals surface area contributed by atoms with Crippen molar-refractivity contribution in [3.63, 3.8) is 0 Å². The van der Waals surface area contributed by atoms with Crippen LogP contribution in [0.25, 0.3) is 16.0 Å². The minimum absolute atomic E-state index is 0.0762. The maximum absolute atomic E-state index is 12.5. The average Bonchev–Trinajstić information content (AvgIpc) is 3.42. The molecule has 5 aromatic rings. The molecule has 0 aliphatic heterocycles. The molecule has 0 saturated carbocycles. The zero-order valence-electron chi connectivity index (χ0n) is 15.0. The number of benzene rings is 2. The number of carbonyl (C=O) groups excluding carboxylic acids is 1. The summed E-state index contributed by atoms with van der Waals surface area (Å²) < 4.78 is 1.66. The molecule has 10 heteroatoms. The van der Waals surface area contributed by atoms with E-state index in [0.717, 1.165) is 16.7 Å². The van der Waals surface area contributed by atoms with Crippen molar-refractivity contribution in [3.05, 3.63) is 65.2 Å². The van der Waals surface area contributed by atoms with Gasteiger partial charge < -0.3 is 10.3 Å². The van der Waals surface area contributed by atoms with Crippen molar-refractivity contribution in [2.75, 3.05) is 5.32 Å². The van der Waals surface area contributed by atoms with Crippen molar-refractivity contribution >= 4 is 55.5 Å². The minimum atomic E-state index is -0.0762. The van der Waals surface area contributed by atoms with Crippen LogP contribution in [0.3, 0.4) is 0 Å². The largest absolute Gasteiger partial charge is 0.335 e. The summed E-state index contributed by atoms with van der Waals surface area (Å²) in [5.41, 5.74) is 2.50. The highest BCUT2D eigenvalue weighted by Gasteiger charge is 2.16. The average molecular weight is 424 g/mol. The molecule has 0 fully saturated rings. The maximum atomic E-state index is 12.5. The third-order valence-electron chi connectivity index (χ3n) is 4.38. The lowest BCUT2D eigenvalue weighted by molar-refractivity contribution is 0.0973. The standard InChI is InChI=1S/C19H14ClN7OS/c20-11-5-7-12(8-6-11)21-18-26-27-16(24-25-19(27)29-18)10-9-15(28)17-22-13-3-1-2-4-14(13)23-17/h1-8H,9-10H2,(H,21,26)(H,22,23). The quantitative estimate of drug-likeness (QED) is 0.395. The van der Waals surface area contributed by atoms with Gasteiger partial charge in [-0.1, -0.05) is 35.1 Å². The normalized spacial score (nSPS) is 11.3. The van der Waals surface area contributed by atoms with Gasteiger partial charge in [0.2, 0.25) is 10.1 Å². The molecule has 2 N–H and O–H groups in total. The molecular formula is C19H14ClN7OS. The van der Waals surface area contributed by atoms with E-state index in [1.54, 1.807) is 16.6 Å². The molecule has 0 unspecified atom stereocenters. The molecule has 0 amide bonds. The number of H-pyrrole nitrogens is 1. The number of rotatable bonds is 6. The monoisotopic (exact) mass is 423 g/mol. The highest BCUT2D eigenvalue weighted by atomic mass is 35.5. The van der Waals surface area contributed by atoms with Crippen LogP contribution in [0.4, 0.5) is 10.8 Å². The van der Waals surface area contributed by atoms with Crippen LogP contribution in [0.15, 0.2) is 48.5 Å². The maximum Gasteiger partial charge on any atom is 0.236 e. The van der Waals surface area contributed by atoms with Crippen LogP contribution in [0.1, 0.15) is 22.9 Å². The number of para-hydroxylation sites is 2. The van der Waals surface area contributed by atoms with E-state index in [1.165, 1.54) is 11.3 Å². The molecule has 0 aliphatic carbocycles. The summed E-state index contributed by atoms with van der Waals surface area (Å²) >= 11 is 7.29. The number of aryl methyl sites for hydroxylation is 1. The van der Waals surface area contributed by atoms with E-state index in [0.29, 0.717) is 33.2 Å².